The number of methoxy groups -OCH3 is 1. The smallest absolute Gasteiger partial charge is 0.123 e. The Morgan fingerprint density at radius 3 is 2.47 bits per heavy atom. The van der Waals surface area contributed by atoms with Gasteiger partial charge in [-0.15, -0.1) is 0 Å². The summed E-state index contributed by atoms with van der Waals surface area (Å²) < 4.78 is 5.30. The van der Waals surface area contributed by atoms with Crippen LogP contribution in [0.2, 0.25) is 0 Å². The van der Waals surface area contributed by atoms with Crippen LogP contribution < -0.4 is 15.8 Å². The number of nitrogens with one attached hydrogen (secondary N) is 1. The second kappa shape index (κ2) is 4.64. The lowest BCUT2D eigenvalue weighted by Crippen LogP contribution is -2.46. The van der Waals surface area contributed by atoms with E-state index in [2.05, 4.69) is 19.2 Å². The van der Waals surface area contributed by atoms with E-state index in [4.69, 9.17) is 10.5 Å². The maximum atomic E-state index is 6.22. The third-order valence-corrected chi connectivity index (χ3v) is 2.90. The van der Waals surface area contributed by atoms with E-state index in [1.54, 1.807) is 7.11 Å². The lowest BCUT2D eigenvalue weighted by atomic mass is 9.89. The largest absolute Gasteiger partial charge is 0.496 e. The van der Waals surface area contributed by atoms with Gasteiger partial charge in [0.2, 0.25) is 0 Å². The Kier molecular flexibility index (Phi) is 3.72. The van der Waals surface area contributed by atoms with Crippen molar-refractivity contribution in [3.05, 3.63) is 29.8 Å². The first-order valence-corrected chi connectivity index (χ1v) is 5.10. The molecule has 0 aliphatic heterocycles. The van der Waals surface area contributed by atoms with Crippen molar-refractivity contribution < 1.29 is 4.74 Å². The third kappa shape index (κ3) is 2.49. The average Bonchev–Trinajstić information content (AvgIpc) is 2.28. The van der Waals surface area contributed by atoms with Crippen molar-refractivity contribution >= 4 is 0 Å². The van der Waals surface area contributed by atoms with Gasteiger partial charge in [-0.1, -0.05) is 18.2 Å². The first-order valence-electron chi connectivity index (χ1n) is 5.10. The van der Waals surface area contributed by atoms with Crippen LogP contribution in [0.25, 0.3) is 0 Å². The Balaban J connectivity index is 3.05. The lowest BCUT2D eigenvalue weighted by Gasteiger charge is -2.32. The molecule has 0 radical (unpaired) electrons. The topological polar surface area (TPSA) is 47.3 Å². The van der Waals surface area contributed by atoms with E-state index >= 15 is 0 Å². The number of rotatable bonds is 4. The molecule has 1 aromatic carbocycles. The molecular formula is C12H20N2O. The molecule has 3 heteroatoms. The minimum atomic E-state index is -0.158. The van der Waals surface area contributed by atoms with E-state index in [9.17, 15) is 0 Å². The van der Waals surface area contributed by atoms with Crippen molar-refractivity contribution in [3.8, 4) is 5.75 Å². The molecule has 0 bridgehead atoms. The first kappa shape index (κ1) is 12.0. The van der Waals surface area contributed by atoms with Crippen LogP contribution in [-0.4, -0.2) is 19.7 Å². The zero-order valence-corrected chi connectivity index (χ0v) is 9.87. The Labute approximate surface area is 91.6 Å². The van der Waals surface area contributed by atoms with E-state index < -0.39 is 0 Å². The number of para-hydroxylation sites is 1. The summed E-state index contributed by atoms with van der Waals surface area (Å²) in [5.74, 6) is 0.841. The summed E-state index contributed by atoms with van der Waals surface area (Å²) in [6, 6.07) is 7.76. The molecule has 0 aliphatic carbocycles. The highest BCUT2D eigenvalue weighted by molar-refractivity contribution is 5.37. The number of likely N-dealkylation sites (N-methyl/N-ethyl adjacent to an activating group) is 1. The van der Waals surface area contributed by atoms with E-state index in [-0.39, 0.29) is 11.6 Å². The average molecular weight is 208 g/mol. The van der Waals surface area contributed by atoms with Gasteiger partial charge in [0.25, 0.3) is 0 Å². The number of hydrogen-bond acceptors (Lipinski definition) is 3. The molecule has 0 aliphatic rings. The van der Waals surface area contributed by atoms with E-state index in [0.717, 1.165) is 11.3 Å². The summed E-state index contributed by atoms with van der Waals surface area (Å²) in [7, 11) is 3.58. The molecule has 0 fully saturated rings. The quantitative estimate of drug-likeness (QED) is 0.791. The number of benzene rings is 1. The highest BCUT2D eigenvalue weighted by atomic mass is 16.5. The first-order chi connectivity index (χ1) is 7.03. The maximum absolute atomic E-state index is 6.22. The number of hydrogen-bond donors (Lipinski definition) is 2. The van der Waals surface area contributed by atoms with Crippen LogP contribution in [0.5, 0.6) is 5.75 Å². The van der Waals surface area contributed by atoms with E-state index in [0.29, 0.717) is 0 Å². The Hall–Kier alpha value is -1.06. The molecular weight excluding hydrogens is 188 g/mol. The molecule has 0 spiro atoms. The summed E-state index contributed by atoms with van der Waals surface area (Å²) in [4.78, 5) is 0. The Morgan fingerprint density at radius 2 is 1.93 bits per heavy atom. The summed E-state index contributed by atoms with van der Waals surface area (Å²) >= 11 is 0. The van der Waals surface area contributed by atoms with Crippen LogP contribution >= 0.6 is 0 Å². The highest BCUT2D eigenvalue weighted by Crippen LogP contribution is 2.29. The zero-order valence-electron chi connectivity index (χ0n) is 9.87. The van der Waals surface area contributed by atoms with Gasteiger partial charge >= 0.3 is 0 Å². The predicted molar refractivity (Wildman–Crippen MR) is 63.1 cm³/mol. The van der Waals surface area contributed by atoms with Crippen molar-refractivity contribution in [2.24, 2.45) is 5.73 Å². The molecule has 3 nitrogen and oxygen atoms in total. The van der Waals surface area contributed by atoms with Crippen LogP contribution in [0.4, 0.5) is 0 Å². The Bertz CT molecular complexity index is 323. The van der Waals surface area contributed by atoms with Gasteiger partial charge in [0.1, 0.15) is 5.75 Å². The molecule has 1 atom stereocenters. The molecule has 0 heterocycles. The minimum absolute atomic E-state index is 0.0985. The minimum Gasteiger partial charge on any atom is -0.496 e. The lowest BCUT2D eigenvalue weighted by molar-refractivity contribution is 0.334. The van der Waals surface area contributed by atoms with Crippen LogP contribution in [0.3, 0.4) is 0 Å². The van der Waals surface area contributed by atoms with Crippen LogP contribution in [0.15, 0.2) is 24.3 Å². The summed E-state index contributed by atoms with van der Waals surface area (Å²) in [5, 5.41) is 3.21. The van der Waals surface area contributed by atoms with Crippen LogP contribution in [0.1, 0.15) is 25.5 Å². The Morgan fingerprint density at radius 1 is 1.33 bits per heavy atom. The van der Waals surface area contributed by atoms with Gasteiger partial charge < -0.3 is 15.8 Å². The van der Waals surface area contributed by atoms with Crippen LogP contribution in [-0.2, 0) is 0 Å². The predicted octanol–water partition coefficient (Wildman–Crippen LogP) is 1.69. The molecule has 15 heavy (non-hydrogen) atoms. The summed E-state index contributed by atoms with van der Waals surface area (Å²) in [5.41, 5.74) is 7.09. The normalized spacial score (nSPS) is 13.7. The fourth-order valence-electron chi connectivity index (χ4n) is 1.47. The fourth-order valence-corrected chi connectivity index (χ4v) is 1.47. The van der Waals surface area contributed by atoms with Crippen molar-refractivity contribution in [1.29, 1.82) is 0 Å². The van der Waals surface area contributed by atoms with Gasteiger partial charge in [-0.25, -0.2) is 0 Å². The van der Waals surface area contributed by atoms with Crippen molar-refractivity contribution in [2.75, 3.05) is 14.2 Å². The zero-order chi connectivity index (χ0) is 11.5. The molecule has 0 saturated carbocycles. The molecule has 84 valence electrons. The third-order valence-electron chi connectivity index (χ3n) is 2.90. The van der Waals surface area contributed by atoms with Crippen molar-refractivity contribution in [2.45, 2.75) is 25.4 Å². The summed E-state index contributed by atoms with van der Waals surface area (Å²) in [6.45, 7) is 4.15. The molecule has 3 N–H and O–H groups in total. The molecule has 1 unspecified atom stereocenters. The molecule has 0 aromatic heterocycles. The number of ether oxygens (including phenoxy) is 1. The van der Waals surface area contributed by atoms with Gasteiger partial charge in [-0.3, -0.25) is 0 Å². The van der Waals surface area contributed by atoms with Gasteiger partial charge in [-0.2, -0.15) is 0 Å². The maximum Gasteiger partial charge on any atom is 0.123 e. The van der Waals surface area contributed by atoms with Gasteiger partial charge in [0.15, 0.2) is 0 Å². The highest BCUT2D eigenvalue weighted by Gasteiger charge is 2.27. The van der Waals surface area contributed by atoms with Gasteiger partial charge in [-0.05, 0) is 27.0 Å². The second-order valence-corrected chi connectivity index (χ2v) is 4.19. The summed E-state index contributed by atoms with van der Waals surface area (Å²) in [6.07, 6.45) is 0. The molecule has 0 amide bonds. The number of nitrogens with two attached hydrogens (primary N) is 1. The monoisotopic (exact) mass is 208 g/mol. The van der Waals surface area contributed by atoms with Gasteiger partial charge in [0, 0.05) is 11.1 Å². The SMILES string of the molecule is CNC(C)(C)C(N)c1ccccc1OC. The van der Waals surface area contributed by atoms with E-state index in [1.807, 2.05) is 31.3 Å². The van der Waals surface area contributed by atoms with E-state index in [1.165, 1.54) is 0 Å². The van der Waals surface area contributed by atoms with Gasteiger partial charge in [0.05, 0.1) is 13.2 Å². The fraction of sp³-hybridized carbons (Fsp3) is 0.500. The van der Waals surface area contributed by atoms with Crippen molar-refractivity contribution in [3.63, 3.8) is 0 Å². The van der Waals surface area contributed by atoms with Crippen molar-refractivity contribution in [1.82, 2.24) is 5.32 Å². The second-order valence-electron chi connectivity index (χ2n) is 4.19. The molecule has 1 rings (SSSR count). The molecule has 0 saturated heterocycles. The molecule has 1 aromatic rings. The standard InChI is InChI=1S/C12H20N2O/c1-12(2,14-3)11(13)9-7-5-6-8-10(9)15-4/h5-8,11,14H,13H2,1-4H3. The van der Waals surface area contributed by atoms with Crippen LogP contribution in [0, 0.1) is 0 Å².